The third-order valence-electron chi connectivity index (χ3n) is 3.89. The van der Waals surface area contributed by atoms with E-state index in [1.165, 1.54) is 44.1 Å². The van der Waals surface area contributed by atoms with Crippen molar-refractivity contribution in [2.75, 3.05) is 7.11 Å². The zero-order valence-electron chi connectivity index (χ0n) is 13.6. The predicted octanol–water partition coefficient (Wildman–Crippen LogP) is 5.09. The average Bonchev–Trinajstić information content (AvgIpc) is 2.47. The van der Waals surface area contributed by atoms with Gasteiger partial charge in [0.2, 0.25) is 0 Å². The lowest BCUT2D eigenvalue weighted by molar-refractivity contribution is 0.413. The van der Waals surface area contributed by atoms with Gasteiger partial charge in [-0.3, -0.25) is 0 Å². The standard InChI is InChI=1S/C18H31NO/c1-5-6-7-8-9-10-15(2)19-16(3)17-11-13-18(20-4)14-12-17/h11-16,19H,5-10H2,1-4H3. The number of methoxy groups -OCH3 is 1. The molecule has 1 rings (SSSR count). The van der Waals surface area contributed by atoms with Gasteiger partial charge in [-0.1, -0.05) is 51.2 Å². The summed E-state index contributed by atoms with van der Waals surface area (Å²) in [5.74, 6) is 0.921. The van der Waals surface area contributed by atoms with E-state index in [0.29, 0.717) is 12.1 Å². The summed E-state index contributed by atoms with van der Waals surface area (Å²) in [6.45, 7) is 6.79. The maximum absolute atomic E-state index is 5.19. The Morgan fingerprint density at radius 2 is 1.65 bits per heavy atom. The van der Waals surface area contributed by atoms with Crippen LogP contribution in [0, 0.1) is 0 Å². The summed E-state index contributed by atoms with van der Waals surface area (Å²) in [7, 11) is 1.71. The van der Waals surface area contributed by atoms with Crippen LogP contribution in [0.1, 0.15) is 70.9 Å². The van der Waals surface area contributed by atoms with Crippen LogP contribution in [-0.2, 0) is 0 Å². The molecule has 0 saturated heterocycles. The average molecular weight is 277 g/mol. The zero-order chi connectivity index (χ0) is 14.8. The number of hydrogen-bond acceptors (Lipinski definition) is 2. The van der Waals surface area contributed by atoms with Crippen molar-refractivity contribution in [1.82, 2.24) is 5.32 Å². The highest BCUT2D eigenvalue weighted by Gasteiger charge is 2.09. The molecule has 0 aliphatic rings. The Bertz CT molecular complexity index is 347. The van der Waals surface area contributed by atoms with Gasteiger partial charge in [0.25, 0.3) is 0 Å². The van der Waals surface area contributed by atoms with Crippen LogP contribution >= 0.6 is 0 Å². The molecule has 1 N–H and O–H groups in total. The van der Waals surface area contributed by atoms with Crippen molar-refractivity contribution in [2.45, 2.75) is 71.4 Å². The topological polar surface area (TPSA) is 21.3 Å². The first-order valence-corrected chi connectivity index (χ1v) is 8.07. The fourth-order valence-electron chi connectivity index (χ4n) is 2.55. The number of ether oxygens (including phenoxy) is 1. The van der Waals surface area contributed by atoms with Crippen LogP contribution in [0.4, 0.5) is 0 Å². The summed E-state index contributed by atoms with van der Waals surface area (Å²) in [6.07, 6.45) is 8.06. The molecule has 0 saturated carbocycles. The molecule has 20 heavy (non-hydrogen) atoms. The highest BCUT2D eigenvalue weighted by atomic mass is 16.5. The van der Waals surface area contributed by atoms with Crippen molar-refractivity contribution in [2.24, 2.45) is 0 Å². The molecule has 0 radical (unpaired) electrons. The van der Waals surface area contributed by atoms with E-state index in [9.17, 15) is 0 Å². The van der Waals surface area contributed by atoms with Crippen molar-refractivity contribution in [1.29, 1.82) is 0 Å². The van der Waals surface area contributed by atoms with Gasteiger partial charge in [0.1, 0.15) is 5.75 Å². The third kappa shape index (κ3) is 6.42. The minimum Gasteiger partial charge on any atom is -0.497 e. The Morgan fingerprint density at radius 3 is 2.25 bits per heavy atom. The van der Waals surface area contributed by atoms with Crippen LogP contribution in [-0.4, -0.2) is 13.2 Å². The van der Waals surface area contributed by atoms with E-state index in [-0.39, 0.29) is 0 Å². The SMILES string of the molecule is CCCCCCCC(C)NC(C)c1ccc(OC)cc1. The molecule has 0 bridgehead atoms. The van der Waals surface area contributed by atoms with Crippen molar-refractivity contribution < 1.29 is 4.74 Å². The molecule has 0 aromatic heterocycles. The molecular weight excluding hydrogens is 246 g/mol. The summed E-state index contributed by atoms with van der Waals surface area (Å²) in [5, 5.41) is 3.68. The van der Waals surface area contributed by atoms with Gasteiger partial charge in [-0.15, -0.1) is 0 Å². The van der Waals surface area contributed by atoms with Crippen molar-refractivity contribution in [3.05, 3.63) is 29.8 Å². The zero-order valence-corrected chi connectivity index (χ0v) is 13.6. The molecule has 114 valence electrons. The fourth-order valence-corrected chi connectivity index (χ4v) is 2.55. The molecule has 0 aliphatic heterocycles. The van der Waals surface area contributed by atoms with Gasteiger partial charge >= 0.3 is 0 Å². The molecule has 0 aliphatic carbocycles. The first kappa shape index (κ1) is 17.0. The summed E-state index contributed by atoms with van der Waals surface area (Å²) < 4.78 is 5.19. The van der Waals surface area contributed by atoms with Gasteiger partial charge in [-0.25, -0.2) is 0 Å². The monoisotopic (exact) mass is 277 g/mol. The highest BCUT2D eigenvalue weighted by molar-refractivity contribution is 5.28. The molecule has 1 aromatic rings. The molecule has 2 nitrogen and oxygen atoms in total. The lowest BCUT2D eigenvalue weighted by atomic mass is 10.0. The van der Waals surface area contributed by atoms with E-state index in [4.69, 9.17) is 4.74 Å². The minimum atomic E-state index is 0.395. The fraction of sp³-hybridized carbons (Fsp3) is 0.667. The van der Waals surface area contributed by atoms with Gasteiger partial charge in [0.05, 0.1) is 7.11 Å². The van der Waals surface area contributed by atoms with E-state index in [1.54, 1.807) is 7.11 Å². The highest BCUT2D eigenvalue weighted by Crippen LogP contribution is 2.18. The van der Waals surface area contributed by atoms with E-state index in [0.717, 1.165) is 5.75 Å². The molecule has 2 heteroatoms. The molecule has 0 fully saturated rings. The van der Waals surface area contributed by atoms with Crippen LogP contribution in [0.25, 0.3) is 0 Å². The van der Waals surface area contributed by atoms with E-state index < -0.39 is 0 Å². The summed E-state index contributed by atoms with van der Waals surface area (Å²) in [4.78, 5) is 0. The third-order valence-corrected chi connectivity index (χ3v) is 3.89. The number of nitrogens with one attached hydrogen (secondary N) is 1. The Kier molecular flexibility index (Phi) is 8.36. The predicted molar refractivity (Wildman–Crippen MR) is 87.4 cm³/mol. The van der Waals surface area contributed by atoms with E-state index >= 15 is 0 Å². The maximum Gasteiger partial charge on any atom is 0.118 e. The van der Waals surface area contributed by atoms with E-state index in [1.807, 2.05) is 12.1 Å². The number of benzene rings is 1. The smallest absolute Gasteiger partial charge is 0.118 e. The minimum absolute atomic E-state index is 0.395. The quantitative estimate of drug-likeness (QED) is 0.601. The largest absolute Gasteiger partial charge is 0.497 e. The molecule has 2 unspecified atom stereocenters. The van der Waals surface area contributed by atoms with Gasteiger partial charge in [-0.2, -0.15) is 0 Å². The van der Waals surface area contributed by atoms with Crippen molar-refractivity contribution in [3.63, 3.8) is 0 Å². The second kappa shape index (κ2) is 9.82. The van der Waals surface area contributed by atoms with Crippen LogP contribution in [0.5, 0.6) is 5.75 Å². The Labute approximate surface area is 124 Å². The molecule has 0 amide bonds. The summed E-state index contributed by atoms with van der Waals surface area (Å²) in [5.41, 5.74) is 1.32. The Morgan fingerprint density at radius 1 is 1.00 bits per heavy atom. The van der Waals surface area contributed by atoms with Crippen LogP contribution < -0.4 is 10.1 Å². The van der Waals surface area contributed by atoms with Crippen LogP contribution in [0.3, 0.4) is 0 Å². The lowest BCUT2D eigenvalue weighted by Crippen LogP contribution is -2.28. The van der Waals surface area contributed by atoms with Gasteiger partial charge in [-0.05, 0) is 38.0 Å². The number of unbranched alkanes of at least 4 members (excludes halogenated alkanes) is 4. The van der Waals surface area contributed by atoms with Crippen LogP contribution in [0.2, 0.25) is 0 Å². The second-order valence-corrected chi connectivity index (χ2v) is 5.77. The molecule has 0 spiro atoms. The van der Waals surface area contributed by atoms with Crippen molar-refractivity contribution in [3.8, 4) is 5.75 Å². The summed E-state index contributed by atoms with van der Waals surface area (Å²) >= 11 is 0. The number of hydrogen-bond donors (Lipinski definition) is 1. The first-order chi connectivity index (χ1) is 9.67. The summed E-state index contributed by atoms with van der Waals surface area (Å²) in [6, 6.07) is 9.32. The van der Waals surface area contributed by atoms with Crippen LogP contribution in [0.15, 0.2) is 24.3 Å². The van der Waals surface area contributed by atoms with Gasteiger partial charge < -0.3 is 10.1 Å². The molecule has 1 aromatic carbocycles. The number of rotatable bonds is 10. The van der Waals surface area contributed by atoms with Gasteiger partial charge in [0.15, 0.2) is 0 Å². The molecule has 0 heterocycles. The Hall–Kier alpha value is -1.02. The molecule has 2 atom stereocenters. The second-order valence-electron chi connectivity index (χ2n) is 5.77. The lowest BCUT2D eigenvalue weighted by Gasteiger charge is -2.20. The Balaban J connectivity index is 2.27. The molecular formula is C18H31NO. The maximum atomic E-state index is 5.19. The van der Waals surface area contributed by atoms with E-state index in [2.05, 4.69) is 38.2 Å². The normalized spacial score (nSPS) is 14.0. The van der Waals surface area contributed by atoms with Crippen molar-refractivity contribution >= 4 is 0 Å². The van der Waals surface area contributed by atoms with Gasteiger partial charge in [0, 0.05) is 12.1 Å². The first-order valence-electron chi connectivity index (χ1n) is 8.07.